The van der Waals surface area contributed by atoms with Crippen molar-refractivity contribution in [3.05, 3.63) is 24.0 Å². The first-order valence-corrected chi connectivity index (χ1v) is 6.80. The lowest BCUT2D eigenvalue weighted by Gasteiger charge is -2.40. The minimum atomic E-state index is 0.0612. The van der Waals surface area contributed by atoms with Crippen LogP contribution in [-0.2, 0) is 6.61 Å². The Balaban J connectivity index is 2.10. The van der Waals surface area contributed by atoms with Gasteiger partial charge >= 0.3 is 0 Å². The summed E-state index contributed by atoms with van der Waals surface area (Å²) in [4.78, 5) is 6.40. The molecule has 0 amide bonds. The van der Waals surface area contributed by atoms with Crippen LogP contribution < -0.4 is 4.90 Å². The van der Waals surface area contributed by atoms with Gasteiger partial charge in [0.25, 0.3) is 0 Å². The molecule has 1 aliphatic carbocycles. The Morgan fingerprint density at radius 2 is 2.06 bits per heavy atom. The molecule has 0 aliphatic heterocycles. The monoisotopic (exact) mass is 248 g/mol. The van der Waals surface area contributed by atoms with Gasteiger partial charge < -0.3 is 10.0 Å². The van der Waals surface area contributed by atoms with E-state index in [0.29, 0.717) is 11.5 Å². The lowest BCUT2D eigenvalue weighted by Crippen LogP contribution is -2.37. The van der Waals surface area contributed by atoms with Crippen LogP contribution >= 0.6 is 0 Å². The highest BCUT2D eigenvalue weighted by Gasteiger charge is 2.29. The van der Waals surface area contributed by atoms with E-state index in [4.69, 9.17) is 0 Å². The maximum absolute atomic E-state index is 9.38. The van der Waals surface area contributed by atoms with Crippen LogP contribution in [0.1, 0.15) is 45.1 Å². The summed E-state index contributed by atoms with van der Waals surface area (Å²) in [7, 11) is 2.14. The Morgan fingerprint density at radius 1 is 1.39 bits per heavy atom. The number of pyridine rings is 1. The lowest BCUT2D eigenvalue weighted by atomic mass is 9.75. The number of hydrogen-bond donors (Lipinski definition) is 1. The van der Waals surface area contributed by atoms with Gasteiger partial charge in [0.05, 0.1) is 6.61 Å². The Labute approximate surface area is 110 Å². The third kappa shape index (κ3) is 2.83. The Hall–Kier alpha value is -1.09. The van der Waals surface area contributed by atoms with E-state index in [9.17, 15) is 5.11 Å². The van der Waals surface area contributed by atoms with Gasteiger partial charge in [0.1, 0.15) is 0 Å². The van der Waals surface area contributed by atoms with Crippen molar-refractivity contribution in [2.45, 2.75) is 52.2 Å². The zero-order valence-corrected chi connectivity index (χ0v) is 11.7. The normalized spacial score (nSPS) is 19.8. The maximum Gasteiger partial charge on any atom is 0.0717 e. The van der Waals surface area contributed by atoms with Crippen molar-refractivity contribution >= 4 is 5.69 Å². The molecule has 1 N–H and O–H groups in total. The van der Waals surface area contributed by atoms with Crippen molar-refractivity contribution in [2.75, 3.05) is 11.9 Å². The molecule has 100 valence electrons. The summed E-state index contributed by atoms with van der Waals surface area (Å²) in [5.41, 5.74) is 2.54. The van der Waals surface area contributed by atoms with Gasteiger partial charge in [-0.2, -0.15) is 0 Å². The molecule has 3 nitrogen and oxygen atoms in total. The molecule has 3 heteroatoms. The average Bonchev–Trinajstić information content (AvgIpc) is 2.38. The van der Waals surface area contributed by atoms with Gasteiger partial charge in [0.15, 0.2) is 0 Å². The topological polar surface area (TPSA) is 36.4 Å². The average molecular weight is 248 g/mol. The smallest absolute Gasteiger partial charge is 0.0717 e. The molecule has 0 bridgehead atoms. The first-order valence-electron chi connectivity index (χ1n) is 6.80. The Kier molecular flexibility index (Phi) is 3.91. The van der Waals surface area contributed by atoms with Crippen LogP contribution in [0.3, 0.4) is 0 Å². The standard InChI is InChI=1S/C15H24N2O/c1-15(2)7-4-13(5-8-15)17(3)14-6-9-16-10-12(14)11-18/h6,9-10,13,18H,4-5,7-8,11H2,1-3H3. The zero-order valence-electron chi connectivity index (χ0n) is 11.7. The fourth-order valence-electron chi connectivity index (χ4n) is 2.85. The number of hydrogen-bond acceptors (Lipinski definition) is 3. The van der Waals surface area contributed by atoms with Crippen molar-refractivity contribution in [3.63, 3.8) is 0 Å². The summed E-state index contributed by atoms with van der Waals surface area (Å²) in [5, 5.41) is 9.38. The minimum absolute atomic E-state index is 0.0612. The number of aliphatic hydroxyl groups is 1. The second-order valence-corrected chi connectivity index (χ2v) is 6.17. The van der Waals surface area contributed by atoms with Crippen LogP contribution in [0.4, 0.5) is 5.69 Å². The fraction of sp³-hybridized carbons (Fsp3) is 0.667. The van der Waals surface area contributed by atoms with Crippen molar-refractivity contribution in [1.29, 1.82) is 0 Å². The van der Waals surface area contributed by atoms with Gasteiger partial charge in [0, 0.05) is 36.7 Å². The van der Waals surface area contributed by atoms with Gasteiger partial charge in [-0.1, -0.05) is 13.8 Å². The zero-order chi connectivity index (χ0) is 13.2. The van der Waals surface area contributed by atoms with E-state index in [2.05, 4.69) is 30.8 Å². The summed E-state index contributed by atoms with van der Waals surface area (Å²) in [6.45, 7) is 4.77. The molecule has 0 saturated heterocycles. The molecule has 0 radical (unpaired) electrons. The molecule has 0 spiro atoms. The van der Waals surface area contributed by atoms with E-state index < -0.39 is 0 Å². The number of rotatable bonds is 3. The van der Waals surface area contributed by atoms with Crippen molar-refractivity contribution in [2.24, 2.45) is 5.41 Å². The van der Waals surface area contributed by atoms with Crippen molar-refractivity contribution in [1.82, 2.24) is 4.98 Å². The highest BCUT2D eigenvalue weighted by molar-refractivity contribution is 5.52. The maximum atomic E-state index is 9.38. The molecule has 18 heavy (non-hydrogen) atoms. The largest absolute Gasteiger partial charge is 0.392 e. The molecule has 1 saturated carbocycles. The van der Waals surface area contributed by atoms with Gasteiger partial charge in [-0.25, -0.2) is 0 Å². The van der Waals surface area contributed by atoms with Crippen molar-refractivity contribution < 1.29 is 5.11 Å². The van der Waals surface area contributed by atoms with Crippen molar-refractivity contribution in [3.8, 4) is 0 Å². The van der Waals surface area contributed by atoms with Gasteiger partial charge in [0.2, 0.25) is 0 Å². The predicted molar refractivity (Wildman–Crippen MR) is 74.6 cm³/mol. The quantitative estimate of drug-likeness (QED) is 0.893. The first-order chi connectivity index (χ1) is 8.53. The molecule has 1 aliphatic rings. The molecule has 0 aromatic carbocycles. The molecule has 1 heterocycles. The molecule has 1 aromatic rings. The molecule has 1 aromatic heterocycles. The SMILES string of the molecule is CN(c1ccncc1CO)C1CCC(C)(C)CC1. The number of aliphatic hydroxyl groups excluding tert-OH is 1. The highest BCUT2D eigenvalue weighted by atomic mass is 16.3. The van der Waals surface area contributed by atoms with Crippen LogP contribution in [0.15, 0.2) is 18.5 Å². The minimum Gasteiger partial charge on any atom is -0.392 e. The first kappa shape index (κ1) is 13.3. The molecular formula is C15H24N2O. The fourth-order valence-corrected chi connectivity index (χ4v) is 2.85. The van der Waals surface area contributed by atoms with E-state index >= 15 is 0 Å². The van der Waals surface area contributed by atoms with Gasteiger partial charge in [-0.05, 0) is 37.2 Å². The second-order valence-electron chi connectivity index (χ2n) is 6.17. The van der Waals surface area contributed by atoms with E-state index in [0.717, 1.165) is 11.3 Å². The Morgan fingerprint density at radius 3 is 2.67 bits per heavy atom. The predicted octanol–water partition coefficient (Wildman–Crippen LogP) is 2.98. The summed E-state index contributed by atoms with van der Waals surface area (Å²) in [6, 6.07) is 2.59. The number of aromatic nitrogens is 1. The van der Waals surface area contributed by atoms with Crippen LogP contribution in [0, 0.1) is 5.41 Å². The summed E-state index contributed by atoms with van der Waals surface area (Å²) in [5.74, 6) is 0. The van der Waals surface area contributed by atoms with Gasteiger partial charge in [-0.15, -0.1) is 0 Å². The van der Waals surface area contributed by atoms with E-state index in [-0.39, 0.29) is 6.61 Å². The van der Waals surface area contributed by atoms with E-state index in [1.54, 1.807) is 12.4 Å². The molecular weight excluding hydrogens is 224 g/mol. The van der Waals surface area contributed by atoms with Gasteiger partial charge in [-0.3, -0.25) is 4.98 Å². The summed E-state index contributed by atoms with van der Waals surface area (Å²) < 4.78 is 0. The van der Waals surface area contributed by atoms with Crippen LogP contribution in [-0.4, -0.2) is 23.2 Å². The molecule has 0 atom stereocenters. The highest BCUT2D eigenvalue weighted by Crippen LogP contribution is 2.38. The third-order valence-electron chi connectivity index (χ3n) is 4.28. The molecule has 1 fully saturated rings. The summed E-state index contributed by atoms with van der Waals surface area (Å²) >= 11 is 0. The van der Waals surface area contributed by atoms with E-state index in [1.807, 2.05) is 6.07 Å². The van der Waals surface area contributed by atoms with Crippen LogP contribution in [0.5, 0.6) is 0 Å². The molecule has 2 rings (SSSR count). The molecule has 0 unspecified atom stereocenters. The number of nitrogens with zero attached hydrogens (tertiary/aromatic N) is 2. The Bertz CT molecular complexity index is 393. The lowest BCUT2D eigenvalue weighted by molar-refractivity contribution is 0.222. The summed E-state index contributed by atoms with van der Waals surface area (Å²) in [6.07, 6.45) is 8.59. The number of anilines is 1. The van der Waals surface area contributed by atoms with E-state index in [1.165, 1.54) is 25.7 Å². The third-order valence-corrected chi connectivity index (χ3v) is 4.28. The van der Waals surface area contributed by atoms with Crippen LogP contribution in [0.2, 0.25) is 0 Å². The van der Waals surface area contributed by atoms with Crippen LogP contribution in [0.25, 0.3) is 0 Å². The second kappa shape index (κ2) is 5.27.